The summed E-state index contributed by atoms with van der Waals surface area (Å²) in [5.41, 5.74) is 2.31. The summed E-state index contributed by atoms with van der Waals surface area (Å²) < 4.78 is 7.42. The minimum Gasteiger partial charge on any atom is -0.457 e. The van der Waals surface area contributed by atoms with Crippen LogP contribution < -0.4 is 5.32 Å². The molecule has 2 heterocycles. The van der Waals surface area contributed by atoms with Crippen LogP contribution in [0.1, 0.15) is 63.8 Å². The fourth-order valence-corrected chi connectivity index (χ4v) is 3.89. The van der Waals surface area contributed by atoms with Gasteiger partial charge in [0.1, 0.15) is 11.4 Å². The molecule has 0 saturated heterocycles. The van der Waals surface area contributed by atoms with Crippen LogP contribution in [0, 0.1) is 10.1 Å². The van der Waals surface area contributed by atoms with E-state index in [1.54, 1.807) is 50.6 Å². The molecular weight excluding hydrogens is 384 g/mol. The molecule has 3 rings (SSSR count). The lowest BCUT2D eigenvalue weighted by molar-refractivity contribution is -0.385. The van der Waals surface area contributed by atoms with Gasteiger partial charge in [-0.15, -0.1) is 0 Å². The van der Waals surface area contributed by atoms with Gasteiger partial charge in [0, 0.05) is 29.9 Å². The lowest BCUT2D eigenvalue weighted by atomic mass is 9.80. The van der Waals surface area contributed by atoms with Crippen molar-refractivity contribution in [1.29, 1.82) is 0 Å². The maximum Gasteiger partial charge on any atom is 0.337 e. The number of nitro benzene ring substituents is 1. The second-order valence-corrected chi connectivity index (χ2v) is 8.50. The van der Waals surface area contributed by atoms with Gasteiger partial charge in [0.2, 0.25) is 0 Å². The zero-order valence-electron chi connectivity index (χ0n) is 18.3. The van der Waals surface area contributed by atoms with Crippen LogP contribution in [0.4, 0.5) is 11.5 Å². The summed E-state index contributed by atoms with van der Waals surface area (Å²) in [5.74, 6) is -0.396. The van der Waals surface area contributed by atoms with Gasteiger partial charge in [-0.05, 0) is 34.1 Å². The van der Waals surface area contributed by atoms with Gasteiger partial charge in [0.25, 0.3) is 5.69 Å². The molecule has 1 aliphatic rings. The van der Waals surface area contributed by atoms with Crippen LogP contribution in [0.2, 0.25) is 0 Å². The number of para-hydroxylation sites is 1. The maximum atomic E-state index is 13.3. The van der Waals surface area contributed by atoms with E-state index in [2.05, 4.69) is 10.4 Å². The van der Waals surface area contributed by atoms with Crippen LogP contribution in [0.15, 0.2) is 35.5 Å². The number of carbonyl (C=O) groups is 1. The molecule has 8 nitrogen and oxygen atoms in total. The Bertz CT molecular complexity index is 1030. The highest BCUT2D eigenvalue weighted by Gasteiger charge is 2.41. The molecule has 0 spiro atoms. The van der Waals surface area contributed by atoms with Gasteiger partial charge >= 0.3 is 5.97 Å². The van der Waals surface area contributed by atoms with Crippen molar-refractivity contribution in [3.8, 4) is 0 Å². The first-order chi connectivity index (χ1) is 14.0. The van der Waals surface area contributed by atoms with Gasteiger partial charge < -0.3 is 10.1 Å². The average Bonchev–Trinajstić information content (AvgIpc) is 2.94. The molecule has 0 fully saturated rings. The molecule has 30 heavy (non-hydrogen) atoms. The standard InChI is InChI=1S/C22H28N4O4/c1-7-10-15-19-18(14-11-8-9-12-16(14)26(28)29)17(21(27)30-22(3,4)5)13(2)23-20(19)25(6)24-15/h8-9,11-12,18,23H,7,10H2,1-6H3. The zero-order chi connectivity index (χ0) is 22.2. The normalized spacial score (nSPS) is 16.1. The number of esters is 1. The monoisotopic (exact) mass is 412 g/mol. The molecule has 160 valence electrons. The van der Waals surface area contributed by atoms with Crippen LogP contribution in [0.5, 0.6) is 0 Å². The van der Waals surface area contributed by atoms with Crippen molar-refractivity contribution in [2.45, 2.75) is 59.0 Å². The highest BCUT2D eigenvalue weighted by atomic mass is 16.6. The van der Waals surface area contributed by atoms with Crippen molar-refractivity contribution in [2.24, 2.45) is 7.05 Å². The number of aromatic nitrogens is 2. The number of nitrogens with zero attached hydrogens (tertiary/aromatic N) is 3. The molecule has 1 unspecified atom stereocenters. The fraction of sp³-hybridized carbons (Fsp3) is 0.455. The largest absolute Gasteiger partial charge is 0.457 e. The third-order valence-electron chi connectivity index (χ3n) is 5.00. The first-order valence-corrected chi connectivity index (χ1v) is 10.0. The maximum absolute atomic E-state index is 13.3. The molecule has 1 aromatic carbocycles. The van der Waals surface area contributed by atoms with Crippen molar-refractivity contribution in [3.05, 3.63) is 62.5 Å². The number of ether oxygens (including phenoxy) is 1. The van der Waals surface area contributed by atoms with E-state index < -0.39 is 22.4 Å². The van der Waals surface area contributed by atoms with E-state index in [1.807, 2.05) is 14.0 Å². The van der Waals surface area contributed by atoms with E-state index in [-0.39, 0.29) is 5.69 Å². The van der Waals surface area contributed by atoms with Crippen molar-refractivity contribution in [3.63, 3.8) is 0 Å². The first-order valence-electron chi connectivity index (χ1n) is 10.0. The molecule has 1 N–H and O–H groups in total. The summed E-state index contributed by atoms with van der Waals surface area (Å²) in [7, 11) is 1.83. The molecule has 0 bridgehead atoms. The fourth-order valence-electron chi connectivity index (χ4n) is 3.89. The molecule has 0 amide bonds. The van der Waals surface area contributed by atoms with Gasteiger partial charge in [-0.25, -0.2) is 4.79 Å². The number of nitrogens with one attached hydrogen (secondary N) is 1. The summed E-state index contributed by atoms with van der Waals surface area (Å²) in [5, 5.41) is 19.7. The molecule has 1 atom stereocenters. The summed E-state index contributed by atoms with van der Waals surface area (Å²) in [6.07, 6.45) is 1.56. The highest BCUT2D eigenvalue weighted by molar-refractivity contribution is 5.95. The summed E-state index contributed by atoms with van der Waals surface area (Å²) in [6, 6.07) is 6.55. The number of aryl methyl sites for hydroxylation is 2. The number of carbonyl (C=O) groups excluding carboxylic acids is 1. The molecule has 1 aliphatic heterocycles. The molecule has 2 aromatic rings. The van der Waals surface area contributed by atoms with Gasteiger partial charge in [0.05, 0.1) is 22.1 Å². The van der Waals surface area contributed by atoms with Crippen molar-refractivity contribution in [1.82, 2.24) is 9.78 Å². The number of fused-ring (bicyclic) bond motifs is 1. The second kappa shape index (κ2) is 7.93. The van der Waals surface area contributed by atoms with Gasteiger partial charge in [-0.1, -0.05) is 31.5 Å². The van der Waals surface area contributed by atoms with Gasteiger partial charge in [0.15, 0.2) is 0 Å². The predicted octanol–water partition coefficient (Wildman–Crippen LogP) is 4.45. The van der Waals surface area contributed by atoms with Gasteiger partial charge in [-0.3, -0.25) is 14.8 Å². The number of anilines is 1. The molecule has 8 heteroatoms. The Hall–Kier alpha value is -3.16. The van der Waals surface area contributed by atoms with Crippen molar-refractivity contribution < 1.29 is 14.5 Å². The van der Waals surface area contributed by atoms with E-state index in [4.69, 9.17) is 4.74 Å². The van der Waals surface area contributed by atoms with Crippen LogP contribution in [-0.4, -0.2) is 26.3 Å². The Balaban J connectivity index is 2.30. The second-order valence-electron chi connectivity index (χ2n) is 8.50. The van der Waals surface area contributed by atoms with Crippen molar-refractivity contribution >= 4 is 17.5 Å². The molecule has 0 saturated carbocycles. The molecular formula is C22H28N4O4. The topological polar surface area (TPSA) is 99.3 Å². The third-order valence-corrected chi connectivity index (χ3v) is 5.00. The third kappa shape index (κ3) is 3.94. The lowest BCUT2D eigenvalue weighted by Gasteiger charge is -2.30. The van der Waals surface area contributed by atoms with E-state index in [0.29, 0.717) is 23.3 Å². The summed E-state index contributed by atoms with van der Waals surface area (Å²) >= 11 is 0. The smallest absolute Gasteiger partial charge is 0.337 e. The van der Waals surface area contributed by atoms with Crippen molar-refractivity contribution in [2.75, 3.05) is 5.32 Å². The minimum atomic E-state index is -0.695. The summed E-state index contributed by atoms with van der Waals surface area (Å²) in [4.78, 5) is 24.7. The Morgan fingerprint density at radius 3 is 2.60 bits per heavy atom. The number of rotatable bonds is 5. The number of benzene rings is 1. The minimum absolute atomic E-state index is 0.0319. The van der Waals surface area contributed by atoms with Crippen LogP contribution in [0.25, 0.3) is 0 Å². The quantitative estimate of drug-likeness (QED) is 0.442. The van der Waals surface area contributed by atoms with Crippen LogP contribution >= 0.6 is 0 Å². The highest BCUT2D eigenvalue weighted by Crippen LogP contribution is 2.46. The first kappa shape index (κ1) is 21.5. The van der Waals surface area contributed by atoms with E-state index in [1.165, 1.54) is 6.07 Å². The Labute approximate surface area is 176 Å². The van der Waals surface area contributed by atoms with E-state index >= 15 is 0 Å². The molecule has 0 aliphatic carbocycles. The van der Waals surface area contributed by atoms with Crippen LogP contribution in [-0.2, 0) is 23.0 Å². The van der Waals surface area contributed by atoms with E-state index in [0.717, 1.165) is 23.5 Å². The molecule has 0 radical (unpaired) electrons. The SMILES string of the molecule is CCCc1nn(C)c2c1C(c1ccccc1[N+](=O)[O-])C(C(=O)OC(C)(C)C)=C(C)N2. The van der Waals surface area contributed by atoms with Gasteiger partial charge in [-0.2, -0.15) is 5.10 Å². The number of nitro groups is 1. The summed E-state index contributed by atoms with van der Waals surface area (Å²) in [6.45, 7) is 9.24. The zero-order valence-corrected chi connectivity index (χ0v) is 18.3. The number of allylic oxidation sites excluding steroid dienone is 1. The Kier molecular flexibility index (Phi) is 5.70. The molecule has 1 aromatic heterocycles. The van der Waals surface area contributed by atoms with E-state index in [9.17, 15) is 14.9 Å². The number of hydrogen-bond acceptors (Lipinski definition) is 6. The Morgan fingerprint density at radius 2 is 2.00 bits per heavy atom. The Morgan fingerprint density at radius 1 is 1.33 bits per heavy atom. The van der Waals surface area contributed by atoms with Crippen LogP contribution in [0.3, 0.4) is 0 Å². The predicted molar refractivity (Wildman–Crippen MR) is 114 cm³/mol. The lowest BCUT2D eigenvalue weighted by Crippen LogP contribution is -2.31. The number of hydrogen-bond donors (Lipinski definition) is 1. The average molecular weight is 412 g/mol.